The molecule has 0 aliphatic rings. The summed E-state index contributed by atoms with van der Waals surface area (Å²) in [5, 5.41) is 0. The van der Waals surface area contributed by atoms with Crippen LogP contribution >= 0.6 is 0 Å². The second-order valence-corrected chi connectivity index (χ2v) is 4.80. The van der Waals surface area contributed by atoms with Crippen molar-refractivity contribution in [3.63, 3.8) is 0 Å². The van der Waals surface area contributed by atoms with Crippen molar-refractivity contribution in [2.75, 3.05) is 0 Å². The smallest absolute Gasteiger partial charge is 0.123 e. The Morgan fingerprint density at radius 2 is 1.21 bits per heavy atom. The minimum Gasteiger partial charge on any atom is -0.207 e. The summed E-state index contributed by atoms with van der Waals surface area (Å²) < 4.78 is 26.0. The van der Waals surface area contributed by atoms with Gasteiger partial charge in [0.1, 0.15) is 11.6 Å². The molecular weight excluding hydrogens is 242 g/mol. The van der Waals surface area contributed by atoms with Crippen LogP contribution in [0.3, 0.4) is 0 Å². The van der Waals surface area contributed by atoms with Crippen molar-refractivity contribution < 1.29 is 8.78 Å². The maximum absolute atomic E-state index is 13.0. The molecule has 2 rings (SSSR count). The van der Waals surface area contributed by atoms with Crippen LogP contribution < -0.4 is 0 Å². The summed E-state index contributed by atoms with van der Waals surface area (Å²) in [7, 11) is 0. The molecule has 19 heavy (non-hydrogen) atoms. The van der Waals surface area contributed by atoms with Crippen LogP contribution in [0, 0.1) is 11.6 Å². The molecule has 100 valence electrons. The molecular formula is C17H18F2. The highest BCUT2D eigenvalue weighted by molar-refractivity contribution is 5.32. The van der Waals surface area contributed by atoms with Crippen LogP contribution in [-0.2, 0) is 0 Å². The molecule has 0 atom stereocenters. The van der Waals surface area contributed by atoms with Crippen LogP contribution in [0.1, 0.15) is 43.2 Å². The van der Waals surface area contributed by atoms with Crippen molar-refractivity contribution in [2.24, 2.45) is 0 Å². The third-order valence-electron chi connectivity index (χ3n) is 3.39. The average Bonchev–Trinajstić information content (AvgIpc) is 2.43. The van der Waals surface area contributed by atoms with Crippen molar-refractivity contribution in [3.05, 3.63) is 71.3 Å². The molecule has 0 unspecified atom stereocenters. The molecule has 0 heterocycles. The molecule has 0 aromatic heterocycles. The first-order valence-electron chi connectivity index (χ1n) is 6.71. The molecule has 0 aliphatic heterocycles. The lowest BCUT2D eigenvalue weighted by Crippen LogP contribution is -2.01. The Morgan fingerprint density at radius 1 is 0.789 bits per heavy atom. The third kappa shape index (κ3) is 3.63. The van der Waals surface area contributed by atoms with Crippen molar-refractivity contribution in [3.8, 4) is 0 Å². The van der Waals surface area contributed by atoms with Gasteiger partial charge in [0.15, 0.2) is 0 Å². The minimum absolute atomic E-state index is 0.209. The zero-order chi connectivity index (χ0) is 13.7. The molecule has 0 amide bonds. The van der Waals surface area contributed by atoms with E-state index >= 15 is 0 Å². The predicted octanol–water partition coefficient (Wildman–Crippen LogP) is 5.29. The van der Waals surface area contributed by atoms with Gasteiger partial charge in [0.05, 0.1) is 0 Å². The van der Waals surface area contributed by atoms with Gasteiger partial charge in [-0.25, -0.2) is 8.78 Å². The molecule has 0 fully saturated rings. The first kappa shape index (κ1) is 13.7. The molecule has 0 bridgehead atoms. The molecule has 2 aromatic rings. The number of benzene rings is 2. The molecule has 2 aromatic carbocycles. The van der Waals surface area contributed by atoms with E-state index < -0.39 is 0 Å². The Hall–Kier alpha value is -1.70. The van der Waals surface area contributed by atoms with E-state index in [0.717, 1.165) is 30.4 Å². The van der Waals surface area contributed by atoms with Gasteiger partial charge in [-0.3, -0.25) is 0 Å². The first-order chi connectivity index (χ1) is 9.20. The summed E-state index contributed by atoms with van der Waals surface area (Å²) in [6, 6.07) is 13.2. The van der Waals surface area contributed by atoms with E-state index in [4.69, 9.17) is 0 Å². The molecule has 0 N–H and O–H groups in total. The topological polar surface area (TPSA) is 0 Å². The van der Waals surface area contributed by atoms with Gasteiger partial charge in [0.2, 0.25) is 0 Å². The largest absolute Gasteiger partial charge is 0.207 e. The summed E-state index contributed by atoms with van der Waals surface area (Å²) in [6.45, 7) is 2.15. The molecule has 0 saturated carbocycles. The molecule has 0 aliphatic carbocycles. The Labute approximate surface area is 113 Å². The number of hydrogen-bond acceptors (Lipinski definition) is 0. The summed E-state index contributed by atoms with van der Waals surface area (Å²) >= 11 is 0. The van der Waals surface area contributed by atoms with Crippen LogP contribution in [-0.4, -0.2) is 0 Å². The fraction of sp³-hybridized carbons (Fsp3) is 0.294. The fourth-order valence-electron chi connectivity index (χ4n) is 2.32. The summed E-state index contributed by atoms with van der Waals surface area (Å²) in [5.74, 6) is -0.240. The van der Waals surface area contributed by atoms with Crippen LogP contribution in [0.2, 0.25) is 0 Å². The molecule has 0 saturated heterocycles. The standard InChI is InChI=1S/C17H18F2/c1-2-3-4-17(13-5-9-15(18)10-6-13)14-7-11-16(19)12-8-14/h5-12,17H,2-4H2,1H3. The quantitative estimate of drug-likeness (QED) is 0.685. The normalized spacial score (nSPS) is 10.9. The highest BCUT2D eigenvalue weighted by atomic mass is 19.1. The summed E-state index contributed by atoms with van der Waals surface area (Å²) in [6.07, 6.45) is 3.20. The monoisotopic (exact) mass is 260 g/mol. The van der Waals surface area contributed by atoms with Crippen LogP contribution in [0.5, 0.6) is 0 Å². The fourth-order valence-corrected chi connectivity index (χ4v) is 2.32. The van der Waals surface area contributed by atoms with Crippen molar-refractivity contribution in [2.45, 2.75) is 32.1 Å². The van der Waals surface area contributed by atoms with Gasteiger partial charge in [-0.15, -0.1) is 0 Å². The maximum Gasteiger partial charge on any atom is 0.123 e. The SMILES string of the molecule is CCCCC(c1ccc(F)cc1)c1ccc(F)cc1. The van der Waals surface area contributed by atoms with E-state index in [-0.39, 0.29) is 17.6 Å². The Kier molecular flexibility index (Phi) is 4.67. The van der Waals surface area contributed by atoms with E-state index in [9.17, 15) is 8.78 Å². The Balaban J connectivity index is 2.29. The van der Waals surface area contributed by atoms with Gasteiger partial charge in [-0.05, 0) is 41.8 Å². The van der Waals surface area contributed by atoms with E-state index in [1.54, 1.807) is 0 Å². The van der Waals surface area contributed by atoms with E-state index in [2.05, 4.69) is 6.92 Å². The highest BCUT2D eigenvalue weighted by Crippen LogP contribution is 2.30. The van der Waals surface area contributed by atoms with Crippen LogP contribution in [0.25, 0.3) is 0 Å². The lowest BCUT2D eigenvalue weighted by Gasteiger charge is -2.18. The van der Waals surface area contributed by atoms with Crippen LogP contribution in [0.4, 0.5) is 8.78 Å². The second kappa shape index (κ2) is 6.46. The summed E-state index contributed by atoms with van der Waals surface area (Å²) in [5.41, 5.74) is 2.17. The minimum atomic E-state index is -0.225. The van der Waals surface area contributed by atoms with E-state index in [1.807, 2.05) is 24.3 Å². The van der Waals surface area contributed by atoms with Gasteiger partial charge in [-0.1, -0.05) is 44.0 Å². The zero-order valence-corrected chi connectivity index (χ0v) is 11.1. The molecule has 0 nitrogen and oxygen atoms in total. The van der Waals surface area contributed by atoms with Crippen molar-refractivity contribution in [1.82, 2.24) is 0 Å². The van der Waals surface area contributed by atoms with E-state index in [1.165, 1.54) is 24.3 Å². The first-order valence-corrected chi connectivity index (χ1v) is 6.71. The lowest BCUT2D eigenvalue weighted by atomic mass is 9.87. The Bertz CT molecular complexity index is 454. The van der Waals surface area contributed by atoms with Gasteiger partial charge >= 0.3 is 0 Å². The van der Waals surface area contributed by atoms with Gasteiger partial charge in [-0.2, -0.15) is 0 Å². The average molecular weight is 260 g/mol. The number of rotatable bonds is 5. The van der Waals surface area contributed by atoms with Crippen LogP contribution in [0.15, 0.2) is 48.5 Å². The van der Waals surface area contributed by atoms with Gasteiger partial charge < -0.3 is 0 Å². The second-order valence-electron chi connectivity index (χ2n) is 4.80. The molecule has 0 spiro atoms. The lowest BCUT2D eigenvalue weighted by molar-refractivity contribution is 0.616. The number of halogens is 2. The number of unbranched alkanes of at least 4 members (excludes halogenated alkanes) is 1. The van der Waals surface area contributed by atoms with Crippen molar-refractivity contribution in [1.29, 1.82) is 0 Å². The highest BCUT2D eigenvalue weighted by Gasteiger charge is 2.13. The van der Waals surface area contributed by atoms with Gasteiger partial charge in [0, 0.05) is 5.92 Å². The molecule has 0 radical (unpaired) electrons. The third-order valence-corrected chi connectivity index (χ3v) is 3.39. The number of hydrogen-bond donors (Lipinski definition) is 0. The molecule has 2 heteroatoms. The maximum atomic E-state index is 13.0. The van der Waals surface area contributed by atoms with Gasteiger partial charge in [0.25, 0.3) is 0 Å². The predicted molar refractivity (Wildman–Crippen MR) is 74.2 cm³/mol. The van der Waals surface area contributed by atoms with Crippen molar-refractivity contribution >= 4 is 0 Å². The Morgan fingerprint density at radius 3 is 1.58 bits per heavy atom. The van der Waals surface area contributed by atoms with E-state index in [0.29, 0.717) is 0 Å². The zero-order valence-electron chi connectivity index (χ0n) is 11.1. The summed E-state index contributed by atoms with van der Waals surface area (Å²) in [4.78, 5) is 0.